The molecule has 1 aromatic carbocycles. The molecule has 1 fully saturated rings. The van der Waals surface area contributed by atoms with Crippen LogP contribution in [0.3, 0.4) is 0 Å². The summed E-state index contributed by atoms with van der Waals surface area (Å²) in [5.41, 5.74) is 10.4. The molecule has 0 heterocycles. The lowest BCUT2D eigenvalue weighted by Crippen LogP contribution is -2.32. The zero-order chi connectivity index (χ0) is 15.2. The van der Waals surface area contributed by atoms with Crippen molar-refractivity contribution in [1.29, 1.82) is 0 Å². The number of aryl methyl sites for hydroxylation is 1. The Labute approximate surface area is 130 Å². The van der Waals surface area contributed by atoms with Gasteiger partial charge in [-0.15, -0.1) is 0 Å². The molecule has 1 atom stereocenters. The molecule has 0 aliphatic heterocycles. The smallest absolute Gasteiger partial charge is 0.0399 e. The lowest BCUT2D eigenvalue weighted by atomic mass is 9.98. The maximum atomic E-state index is 6.21. The second-order valence-corrected chi connectivity index (χ2v) is 6.76. The maximum Gasteiger partial charge on any atom is 0.0399 e. The van der Waals surface area contributed by atoms with Gasteiger partial charge in [0, 0.05) is 24.8 Å². The standard InChI is InChI=1S/C19H32N2/c1-4-17(20)14-16-13-15(2)11-12-19(16)21(3)18-9-7-5-6-8-10-18/h11-13,17-18H,4-10,14,20H2,1-3H3. The summed E-state index contributed by atoms with van der Waals surface area (Å²) < 4.78 is 0. The van der Waals surface area contributed by atoms with Gasteiger partial charge in [-0.25, -0.2) is 0 Å². The number of hydrogen-bond acceptors (Lipinski definition) is 2. The Morgan fingerprint density at radius 1 is 1.19 bits per heavy atom. The summed E-state index contributed by atoms with van der Waals surface area (Å²) in [7, 11) is 2.28. The van der Waals surface area contributed by atoms with Crippen molar-refractivity contribution >= 4 is 5.69 Å². The molecule has 2 rings (SSSR count). The Kier molecular flexibility index (Phi) is 6.10. The highest BCUT2D eigenvalue weighted by molar-refractivity contribution is 5.55. The van der Waals surface area contributed by atoms with E-state index in [0.717, 1.165) is 12.8 Å². The first-order valence-electron chi connectivity index (χ1n) is 8.69. The van der Waals surface area contributed by atoms with E-state index in [0.29, 0.717) is 6.04 Å². The number of anilines is 1. The highest BCUT2D eigenvalue weighted by Gasteiger charge is 2.19. The Hall–Kier alpha value is -1.02. The normalized spacial score (nSPS) is 18.3. The minimum Gasteiger partial charge on any atom is -0.371 e. The second kappa shape index (κ2) is 7.84. The molecule has 0 amide bonds. The van der Waals surface area contributed by atoms with Gasteiger partial charge < -0.3 is 10.6 Å². The van der Waals surface area contributed by atoms with Crippen LogP contribution in [0.25, 0.3) is 0 Å². The monoisotopic (exact) mass is 288 g/mol. The average Bonchev–Trinajstić information content (AvgIpc) is 2.75. The van der Waals surface area contributed by atoms with Crippen LogP contribution >= 0.6 is 0 Å². The van der Waals surface area contributed by atoms with Crippen molar-refractivity contribution in [3.8, 4) is 0 Å². The molecular formula is C19H32N2. The highest BCUT2D eigenvalue weighted by Crippen LogP contribution is 2.29. The molecule has 1 unspecified atom stereocenters. The molecule has 118 valence electrons. The van der Waals surface area contributed by atoms with Crippen LogP contribution in [-0.4, -0.2) is 19.1 Å². The van der Waals surface area contributed by atoms with Crippen LogP contribution < -0.4 is 10.6 Å². The van der Waals surface area contributed by atoms with Crippen LogP contribution in [0.4, 0.5) is 5.69 Å². The van der Waals surface area contributed by atoms with Crippen molar-refractivity contribution in [3.63, 3.8) is 0 Å². The van der Waals surface area contributed by atoms with Crippen LogP contribution in [-0.2, 0) is 6.42 Å². The SMILES string of the molecule is CCC(N)Cc1cc(C)ccc1N(C)C1CCCCCC1. The molecule has 0 spiro atoms. The number of benzene rings is 1. The molecule has 2 N–H and O–H groups in total. The Bertz CT molecular complexity index is 433. The number of nitrogens with zero attached hydrogens (tertiary/aromatic N) is 1. The number of rotatable bonds is 5. The van der Waals surface area contributed by atoms with Crippen LogP contribution in [0.15, 0.2) is 18.2 Å². The van der Waals surface area contributed by atoms with Gasteiger partial charge in [-0.3, -0.25) is 0 Å². The first-order valence-corrected chi connectivity index (χ1v) is 8.69. The van der Waals surface area contributed by atoms with Gasteiger partial charge >= 0.3 is 0 Å². The van der Waals surface area contributed by atoms with E-state index in [4.69, 9.17) is 5.73 Å². The summed E-state index contributed by atoms with van der Waals surface area (Å²) in [6.45, 7) is 4.35. The van der Waals surface area contributed by atoms with E-state index in [1.54, 1.807) is 0 Å². The minimum absolute atomic E-state index is 0.271. The van der Waals surface area contributed by atoms with Crippen LogP contribution in [0.1, 0.15) is 63.0 Å². The predicted molar refractivity (Wildman–Crippen MR) is 93.0 cm³/mol. The fourth-order valence-electron chi connectivity index (χ4n) is 3.49. The summed E-state index contributed by atoms with van der Waals surface area (Å²) in [4.78, 5) is 2.53. The lowest BCUT2D eigenvalue weighted by Gasteiger charge is -2.32. The van der Waals surface area contributed by atoms with Crippen LogP contribution in [0, 0.1) is 6.92 Å². The molecule has 1 saturated carbocycles. The largest absolute Gasteiger partial charge is 0.371 e. The summed E-state index contributed by atoms with van der Waals surface area (Å²) in [6.07, 6.45) is 10.3. The van der Waals surface area contributed by atoms with Gasteiger partial charge in [-0.1, -0.05) is 50.3 Å². The Balaban J connectivity index is 2.20. The summed E-state index contributed by atoms with van der Waals surface area (Å²) in [6, 6.07) is 7.85. The average molecular weight is 288 g/mol. The van der Waals surface area contributed by atoms with Gasteiger partial charge in [0.25, 0.3) is 0 Å². The van der Waals surface area contributed by atoms with Gasteiger partial charge in [0.2, 0.25) is 0 Å². The number of hydrogen-bond donors (Lipinski definition) is 1. The molecule has 1 aliphatic carbocycles. The van der Waals surface area contributed by atoms with Crippen molar-refractivity contribution in [2.45, 2.75) is 77.3 Å². The molecule has 0 radical (unpaired) electrons. The van der Waals surface area contributed by atoms with Crippen LogP contribution in [0.2, 0.25) is 0 Å². The minimum atomic E-state index is 0.271. The van der Waals surface area contributed by atoms with Gasteiger partial charge in [-0.05, 0) is 44.2 Å². The molecule has 2 heteroatoms. The first-order chi connectivity index (χ1) is 10.1. The van der Waals surface area contributed by atoms with E-state index in [1.807, 2.05) is 0 Å². The van der Waals surface area contributed by atoms with Crippen molar-refractivity contribution < 1.29 is 0 Å². The van der Waals surface area contributed by atoms with E-state index in [9.17, 15) is 0 Å². The van der Waals surface area contributed by atoms with E-state index < -0.39 is 0 Å². The molecule has 1 aromatic rings. The summed E-state index contributed by atoms with van der Waals surface area (Å²) in [5, 5.41) is 0. The highest BCUT2D eigenvalue weighted by atomic mass is 15.1. The number of nitrogens with two attached hydrogens (primary N) is 1. The zero-order valence-corrected chi connectivity index (χ0v) is 14.1. The molecule has 21 heavy (non-hydrogen) atoms. The Morgan fingerprint density at radius 3 is 2.48 bits per heavy atom. The van der Waals surface area contributed by atoms with Gasteiger partial charge in [-0.2, -0.15) is 0 Å². The third-order valence-electron chi connectivity index (χ3n) is 4.99. The van der Waals surface area contributed by atoms with Crippen LogP contribution in [0.5, 0.6) is 0 Å². The third kappa shape index (κ3) is 4.47. The van der Waals surface area contributed by atoms with Crippen molar-refractivity contribution in [2.75, 3.05) is 11.9 Å². The second-order valence-electron chi connectivity index (χ2n) is 6.76. The predicted octanol–water partition coefficient (Wildman–Crippen LogP) is 4.43. The van der Waals surface area contributed by atoms with E-state index >= 15 is 0 Å². The molecule has 0 bridgehead atoms. The molecule has 2 nitrogen and oxygen atoms in total. The summed E-state index contributed by atoms with van der Waals surface area (Å²) in [5.74, 6) is 0. The first kappa shape index (κ1) is 16.4. The van der Waals surface area contributed by atoms with E-state index in [-0.39, 0.29) is 6.04 Å². The van der Waals surface area contributed by atoms with Crippen molar-refractivity contribution in [1.82, 2.24) is 0 Å². The maximum absolute atomic E-state index is 6.21. The van der Waals surface area contributed by atoms with Gasteiger partial charge in [0.15, 0.2) is 0 Å². The van der Waals surface area contributed by atoms with Crippen molar-refractivity contribution in [3.05, 3.63) is 29.3 Å². The molecular weight excluding hydrogens is 256 g/mol. The fraction of sp³-hybridized carbons (Fsp3) is 0.684. The Morgan fingerprint density at radius 2 is 1.86 bits per heavy atom. The fourth-order valence-corrected chi connectivity index (χ4v) is 3.49. The summed E-state index contributed by atoms with van der Waals surface area (Å²) >= 11 is 0. The van der Waals surface area contributed by atoms with Gasteiger partial charge in [0.1, 0.15) is 0 Å². The molecule has 0 saturated heterocycles. The van der Waals surface area contributed by atoms with E-state index in [2.05, 4.69) is 44.0 Å². The molecule has 1 aliphatic rings. The quantitative estimate of drug-likeness (QED) is 0.812. The van der Waals surface area contributed by atoms with E-state index in [1.165, 1.54) is 55.3 Å². The topological polar surface area (TPSA) is 29.3 Å². The lowest BCUT2D eigenvalue weighted by molar-refractivity contribution is 0.550. The van der Waals surface area contributed by atoms with Crippen molar-refractivity contribution in [2.24, 2.45) is 5.73 Å². The third-order valence-corrected chi connectivity index (χ3v) is 4.99. The zero-order valence-electron chi connectivity index (χ0n) is 14.1. The molecule has 0 aromatic heterocycles. The van der Waals surface area contributed by atoms with Gasteiger partial charge in [0.05, 0.1) is 0 Å².